The number of carboxylic acid groups (broad SMARTS) is 1. The number of likely N-dealkylation sites (tertiary alicyclic amines) is 1. The molecule has 1 aliphatic carbocycles. The number of hydrogen-bond donors (Lipinski definition) is 1. The number of rotatable bonds is 5. The lowest BCUT2D eigenvalue weighted by Gasteiger charge is -2.36. The van der Waals surface area contributed by atoms with Crippen LogP contribution in [0.5, 0.6) is 0 Å². The molecule has 0 unspecified atom stereocenters. The minimum Gasteiger partial charge on any atom is -0.481 e. The van der Waals surface area contributed by atoms with Crippen LogP contribution in [0.1, 0.15) is 50.0 Å². The van der Waals surface area contributed by atoms with E-state index in [9.17, 15) is 18.4 Å². The molecule has 4 nitrogen and oxygen atoms in total. The fraction of sp³-hybridized carbons (Fsp3) is 0.556. The molecule has 0 bridgehead atoms. The van der Waals surface area contributed by atoms with Crippen molar-refractivity contribution in [1.29, 1.82) is 0 Å². The number of carboxylic acids is 1. The number of nitrogens with zero attached hydrogens (tertiary/aromatic N) is 1. The van der Waals surface area contributed by atoms with Crippen molar-refractivity contribution in [3.8, 4) is 0 Å². The van der Waals surface area contributed by atoms with Crippen LogP contribution in [-0.4, -0.2) is 34.5 Å². The molecule has 0 radical (unpaired) electrons. The average Bonchev–Trinajstić information content (AvgIpc) is 3.35. The van der Waals surface area contributed by atoms with E-state index in [1.165, 1.54) is 12.1 Å². The van der Waals surface area contributed by atoms with Gasteiger partial charge in [0, 0.05) is 24.9 Å². The minimum absolute atomic E-state index is 0.0427. The summed E-state index contributed by atoms with van der Waals surface area (Å²) in [5.41, 5.74) is 0.271. The quantitative estimate of drug-likeness (QED) is 0.897. The number of carbonyl (C=O) groups excluding carboxylic acids is 1. The van der Waals surface area contributed by atoms with Crippen LogP contribution in [0, 0.1) is 17.6 Å². The van der Waals surface area contributed by atoms with Gasteiger partial charge in [0.15, 0.2) is 11.6 Å². The first-order valence-corrected chi connectivity index (χ1v) is 8.45. The summed E-state index contributed by atoms with van der Waals surface area (Å²) >= 11 is 0. The molecule has 24 heavy (non-hydrogen) atoms. The first kappa shape index (κ1) is 16.9. The molecule has 2 aliphatic rings. The SMILES string of the molecule is O=C(O)CC[C@@H]1CCCCN1C(=O)[C@H]1C[C@@H]1c1cccc(F)c1F. The van der Waals surface area contributed by atoms with Crippen molar-refractivity contribution in [2.75, 3.05) is 6.54 Å². The Kier molecular flexibility index (Phi) is 4.83. The number of piperidine rings is 1. The largest absolute Gasteiger partial charge is 0.481 e. The van der Waals surface area contributed by atoms with Crippen LogP contribution in [0.15, 0.2) is 18.2 Å². The summed E-state index contributed by atoms with van der Waals surface area (Å²) in [6.07, 6.45) is 3.72. The normalized spacial score (nSPS) is 26.2. The van der Waals surface area contributed by atoms with Gasteiger partial charge in [0.25, 0.3) is 0 Å². The second-order valence-corrected chi connectivity index (χ2v) is 6.71. The maximum Gasteiger partial charge on any atom is 0.303 e. The second kappa shape index (κ2) is 6.87. The van der Waals surface area contributed by atoms with Gasteiger partial charge in [-0.3, -0.25) is 9.59 Å². The molecule has 2 fully saturated rings. The van der Waals surface area contributed by atoms with Gasteiger partial charge in [-0.25, -0.2) is 8.78 Å². The van der Waals surface area contributed by atoms with E-state index >= 15 is 0 Å². The van der Waals surface area contributed by atoms with Crippen molar-refractivity contribution < 1.29 is 23.5 Å². The molecular formula is C18H21F2NO3. The third-order valence-corrected chi connectivity index (χ3v) is 5.09. The van der Waals surface area contributed by atoms with Gasteiger partial charge in [-0.2, -0.15) is 0 Å². The van der Waals surface area contributed by atoms with Gasteiger partial charge in [-0.1, -0.05) is 12.1 Å². The number of halogens is 2. The van der Waals surface area contributed by atoms with Crippen LogP contribution < -0.4 is 0 Å². The monoisotopic (exact) mass is 337 g/mol. The molecule has 1 saturated heterocycles. The van der Waals surface area contributed by atoms with E-state index in [0.29, 0.717) is 19.4 Å². The summed E-state index contributed by atoms with van der Waals surface area (Å²) in [4.78, 5) is 25.3. The summed E-state index contributed by atoms with van der Waals surface area (Å²) in [6, 6.07) is 4.02. The van der Waals surface area contributed by atoms with Crippen LogP contribution in [0.2, 0.25) is 0 Å². The Balaban J connectivity index is 1.67. The van der Waals surface area contributed by atoms with Crippen LogP contribution >= 0.6 is 0 Å². The number of aliphatic carboxylic acids is 1. The number of benzene rings is 1. The van der Waals surface area contributed by atoms with Crippen molar-refractivity contribution in [2.24, 2.45) is 5.92 Å². The Morgan fingerprint density at radius 2 is 2.04 bits per heavy atom. The fourth-order valence-corrected chi connectivity index (χ4v) is 3.71. The van der Waals surface area contributed by atoms with Crippen molar-refractivity contribution in [2.45, 2.75) is 50.5 Å². The predicted molar refractivity (Wildman–Crippen MR) is 83.4 cm³/mol. The molecular weight excluding hydrogens is 316 g/mol. The molecule has 6 heteroatoms. The van der Waals surface area contributed by atoms with E-state index < -0.39 is 17.6 Å². The Labute approximate surface area is 139 Å². The van der Waals surface area contributed by atoms with E-state index in [-0.39, 0.29) is 35.8 Å². The van der Waals surface area contributed by atoms with Gasteiger partial charge >= 0.3 is 5.97 Å². The zero-order valence-corrected chi connectivity index (χ0v) is 13.4. The molecule has 130 valence electrons. The molecule has 3 rings (SSSR count). The smallest absolute Gasteiger partial charge is 0.303 e. The van der Waals surface area contributed by atoms with E-state index in [1.807, 2.05) is 0 Å². The van der Waals surface area contributed by atoms with Crippen molar-refractivity contribution in [1.82, 2.24) is 4.90 Å². The summed E-state index contributed by atoms with van der Waals surface area (Å²) in [5, 5.41) is 8.86. The van der Waals surface area contributed by atoms with Gasteiger partial charge in [-0.05, 0) is 49.7 Å². The lowest BCUT2D eigenvalue weighted by molar-refractivity contribution is -0.140. The van der Waals surface area contributed by atoms with Crippen LogP contribution in [0.25, 0.3) is 0 Å². The average molecular weight is 337 g/mol. The molecule has 3 atom stereocenters. The highest BCUT2D eigenvalue weighted by molar-refractivity contribution is 5.83. The van der Waals surface area contributed by atoms with Crippen LogP contribution in [0.4, 0.5) is 8.78 Å². The lowest BCUT2D eigenvalue weighted by Crippen LogP contribution is -2.44. The zero-order valence-electron chi connectivity index (χ0n) is 13.4. The van der Waals surface area contributed by atoms with E-state index in [2.05, 4.69) is 0 Å². The van der Waals surface area contributed by atoms with Crippen molar-refractivity contribution in [3.05, 3.63) is 35.4 Å². The molecule has 1 aliphatic heterocycles. The van der Waals surface area contributed by atoms with Crippen molar-refractivity contribution >= 4 is 11.9 Å². The number of hydrogen-bond acceptors (Lipinski definition) is 2. The molecule has 1 saturated carbocycles. The number of carbonyl (C=O) groups is 2. The summed E-state index contributed by atoms with van der Waals surface area (Å²) in [5.74, 6) is -3.23. The first-order valence-electron chi connectivity index (χ1n) is 8.45. The maximum atomic E-state index is 13.9. The number of amides is 1. The third-order valence-electron chi connectivity index (χ3n) is 5.09. The van der Waals surface area contributed by atoms with Crippen LogP contribution in [0.3, 0.4) is 0 Å². The Morgan fingerprint density at radius 1 is 1.25 bits per heavy atom. The highest BCUT2D eigenvalue weighted by Gasteiger charge is 2.48. The molecule has 1 amide bonds. The summed E-state index contributed by atoms with van der Waals surface area (Å²) in [7, 11) is 0. The van der Waals surface area contributed by atoms with Gasteiger partial charge in [-0.15, -0.1) is 0 Å². The van der Waals surface area contributed by atoms with Gasteiger partial charge in [0.1, 0.15) is 0 Å². The Bertz CT molecular complexity index is 649. The Morgan fingerprint density at radius 3 is 2.79 bits per heavy atom. The molecule has 0 aromatic heterocycles. The lowest BCUT2D eigenvalue weighted by atomic mass is 9.97. The van der Waals surface area contributed by atoms with Gasteiger partial charge in [0.2, 0.25) is 5.91 Å². The Hall–Kier alpha value is -1.98. The zero-order chi connectivity index (χ0) is 17.3. The molecule has 1 heterocycles. The second-order valence-electron chi connectivity index (χ2n) is 6.71. The highest BCUT2D eigenvalue weighted by atomic mass is 19.2. The van der Waals surface area contributed by atoms with E-state index in [4.69, 9.17) is 5.11 Å². The molecule has 0 spiro atoms. The fourth-order valence-electron chi connectivity index (χ4n) is 3.71. The minimum atomic E-state index is -0.886. The predicted octanol–water partition coefficient (Wildman–Crippen LogP) is 3.31. The highest BCUT2D eigenvalue weighted by Crippen LogP contribution is 2.50. The molecule has 1 aromatic carbocycles. The summed E-state index contributed by atoms with van der Waals surface area (Å²) < 4.78 is 27.3. The van der Waals surface area contributed by atoms with E-state index in [0.717, 1.165) is 25.3 Å². The topological polar surface area (TPSA) is 57.6 Å². The third kappa shape index (κ3) is 3.42. The standard InChI is InChI=1S/C18H21F2NO3/c19-15-6-3-5-12(17(15)20)13-10-14(13)18(24)21-9-2-1-4-11(21)7-8-16(22)23/h3,5-6,11,13-14H,1-2,4,7-10H2,(H,22,23)/t11-,13+,14-/m0/s1. The van der Waals surface area contributed by atoms with Gasteiger partial charge in [0.05, 0.1) is 0 Å². The summed E-state index contributed by atoms with van der Waals surface area (Å²) in [6.45, 7) is 0.623. The van der Waals surface area contributed by atoms with Crippen LogP contribution in [-0.2, 0) is 9.59 Å². The van der Waals surface area contributed by atoms with E-state index in [1.54, 1.807) is 4.90 Å². The van der Waals surface area contributed by atoms with Gasteiger partial charge < -0.3 is 10.0 Å². The molecule has 1 N–H and O–H groups in total. The van der Waals surface area contributed by atoms with Crippen molar-refractivity contribution in [3.63, 3.8) is 0 Å². The molecule has 1 aromatic rings. The first-order chi connectivity index (χ1) is 11.5. The maximum absolute atomic E-state index is 13.9.